The number of aromatic nitrogens is 2. The number of anilines is 1. The molecule has 2 aliphatic heterocycles. The van der Waals surface area contributed by atoms with Crippen molar-refractivity contribution < 1.29 is 40.5 Å². The number of benzene rings is 1. The fourth-order valence-corrected chi connectivity index (χ4v) is 6.99. The van der Waals surface area contributed by atoms with Crippen LogP contribution in [0.4, 0.5) is 19.0 Å². The van der Waals surface area contributed by atoms with E-state index in [1.54, 1.807) is 13.1 Å². The van der Waals surface area contributed by atoms with Crippen LogP contribution in [0.5, 0.6) is 0 Å². The van der Waals surface area contributed by atoms with Gasteiger partial charge in [-0.15, -0.1) is 0 Å². The first-order chi connectivity index (χ1) is 18.4. The molecule has 0 spiro atoms. The largest absolute Gasteiger partial charge is 0.475 e. The molecule has 16 heteroatoms. The number of hydrogen-bond acceptors (Lipinski definition) is 9. The minimum atomic E-state index is -4.33. The monoisotopic (exact) mass is 625 g/mol. The standard InChI is InChI=1S/C24H32ClF3N3O7PSi/c1-23(2,3)40(4,5)38-20-18(36-21(24(20,27)28)31-10-8-19(29)30-22(31)32)13-35-39(33)34-11-9-17(37-39)15-12-14(26)6-7-16(15)25/h6-8,10,12,17-18,20-21H,9,11,13H2,1-5H3,(H2,29,30,32)/t17-,18-,20-,21-,39?/m1/s1. The number of nitrogen functional groups attached to an aromatic ring is 1. The molecule has 10 nitrogen and oxygen atoms in total. The summed E-state index contributed by atoms with van der Waals surface area (Å²) in [5.74, 6) is -4.45. The lowest BCUT2D eigenvalue weighted by Gasteiger charge is -2.40. The van der Waals surface area contributed by atoms with Crippen molar-refractivity contribution in [2.75, 3.05) is 18.9 Å². The third-order valence-corrected chi connectivity index (χ3v) is 13.5. The molecule has 2 N–H and O–H groups in total. The molecular weight excluding hydrogens is 594 g/mol. The normalized spacial score (nSPS) is 29.0. The zero-order valence-electron chi connectivity index (χ0n) is 22.6. The molecule has 1 aromatic heterocycles. The highest BCUT2D eigenvalue weighted by atomic mass is 35.5. The molecule has 2 saturated heterocycles. The molecule has 0 bridgehead atoms. The van der Waals surface area contributed by atoms with Gasteiger partial charge in [-0.2, -0.15) is 13.8 Å². The van der Waals surface area contributed by atoms with E-state index in [1.807, 2.05) is 20.8 Å². The van der Waals surface area contributed by atoms with E-state index < -0.39 is 69.8 Å². The second-order valence-corrected chi connectivity index (χ2v) is 18.0. The highest BCUT2D eigenvalue weighted by molar-refractivity contribution is 7.48. The number of nitrogens with two attached hydrogens (primary N) is 1. The van der Waals surface area contributed by atoms with Gasteiger partial charge in [-0.1, -0.05) is 32.4 Å². The number of hydrogen-bond donors (Lipinski definition) is 1. The number of halogens is 4. The Morgan fingerprint density at radius 2 is 2.00 bits per heavy atom. The first-order valence-corrected chi connectivity index (χ1v) is 17.3. The number of rotatable bonds is 7. The first kappa shape index (κ1) is 31.2. The van der Waals surface area contributed by atoms with Crippen LogP contribution < -0.4 is 11.4 Å². The minimum Gasteiger partial charge on any atom is -0.405 e. The zero-order chi connectivity index (χ0) is 29.7. The number of alkyl halides is 2. The molecule has 0 amide bonds. The van der Waals surface area contributed by atoms with Gasteiger partial charge in [-0.25, -0.2) is 13.8 Å². The van der Waals surface area contributed by atoms with Gasteiger partial charge in [0.2, 0.25) is 6.23 Å². The molecule has 2 aliphatic rings. The van der Waals surface area contributed by atoms with E-state index in [2.05, 4.69) is 4.98 Å². The van der Waals surface area contributed by atoms with Crippen LogP contribution in [0.2, 0.25) is 23.2 Å². The highest BCUT2D eigenvalue weighted by Crippen LogP contribution is 2.58. The second kappa shape index (κ2) is 11.1. The van der Waals surface area contributed by atoms with E-state index in [0.29, 0.717) is 4.57 Å². The fourth-order valence-electron chi connectivity index (χ4n) is 4.06. The Labute approximate surface area is 235 Å². The van der Waals surface area contributed by atoms with E-state index in [0.717, 1.165) is 12.3 Å². The van der Waals surface area contributed by atoms with Crippen LogP contribution >= 0.6 is 19.4 Å². The number of phosphoric ester groups is 1. The van der Waals surface area contributed by atoms with Crippen LogP contribution in [0.15, 0.2) is 35.3 Å². The Morgan fingerprint density at radius 1 is 1.30 bits per heavy atom. The smallest absolute Gasteiger partial charge is 0.405 e. The van der Waals surface area contributed by atoms with E-state index in [1.165, 1.54) is 18.2 Å². The molecule has 2 fully saturated rings. The van der Waals surface area contributed by atoms with E-state index in [4.69, 9.17) is 40.1 Å². The van der Waals surface area contributed by atoms with Crippen LogP contribution in [0, 0.1) is 5.82 Å². The minimum absolute atomic E-state index is 0.0878. The summed E-state index contributed by atoms with van der Waals surface area (Å²) >= 11 is 6.17. The Hall–Kier alpha value is -1.77. The zero-order valence-corrected chi connectivity index (χ0v) is 25.3. The topological polar surface area (TPSA) is 124 Å². The molecule has 222 valence electrons. The third kappa shape index (κ3) is 6.34. The molecule has 40 heavy (non-hydrogen) atoms. The van der Waals surface area contributed by atoms with Crippen LogP contribution in [0.1, 0.15) is 45.1 Å². The SMILES string of the molecule is CC(C)(C)[Si](C)(C)O[C@@H]1[C@@H](COP2(=O)OCC[C@H](c3cc(F)ccc3Cl)O2)O[C@@H](n2ccc(N)nc2=O)C1(F)F. The number of ether oxygens (including phenoxy) is 1. The van der Waals surface area contributed by atoms with Crippen molar-refractivity contribution in [1.29, 1.82) is 0 Å². The van der Waals surface area contributed by atoms with Gasteiger partial charge in [0.15, 0.2) is 8.32 Å². The highest BCUT2D eigenvalue weighted by Gasteiger charge is 2.63. The molecule has 0 aliphatic carbocycles. The number of phosphoric acid groups is 1. The summed E-state index contributed by atoms with van der Waals surface area (Å²) in [4.78, 5) is 15.9. The van der Waals surface area contributed by atoms with Crippen LogP contribution in [-0.4, -0.2) is 49.2 Å². The summed E-state index contributed by atoms with van der Waals surface area (Å²) in [5.41, 5.74) is 4.72. The van der Waals surface area contributed by atoms with E-state index in [9.17, 15) is 13.8 Å². The van der Waals surface area contributed by atoms with Crippen molar-refractivity contribution in [1.82, 2.24) is 9.55 Å². The summed E-state index contributed by atoms with van der Waals surface area (Å²) < 4.78 is 87.7. The Balaban J connectivity index is 1.60. The van der Waals surface area contributed by atoms with Crippen LogP contribution in [-0.2, 0) is 27.3 Å². The lowest BCUT2D eigenvalue weighted by Crippen LogP contribution is -2.52. The average molecular weight is 626 g/mol. The van der Waals surface area contributed by atoms with Crippen LogP contribution in [0.3, 0.4) is 0 Å². The van der Waals surface area contributed by atoms with Gasteiger partial charge < -0.3 is 14.9 Å². The maximum atomic E-state index is 16.0. The predicted molar refractivity (Wildman–Crippen MR) is 143 cm³/mol. The molecule has 4 rings (SSSR count). The summed E-state index contributed by atoms with van der Waals surface area (Å²) in [6.45, 7) is 8.43. The van der Waals surface area contributed by atoms with E-state index in [-0.39, 0.29) is 29.4 Å². The first-order valence-electron chi connectivity index (χ1n) is 12.5. The van der Waals surface area contributed by atoms with Crippen molar-refractivity contribution >= 4 is 33.6 Å². The van der Waals surface area contributed by atoms with Gasteiger partial charge in [0.05, 0.1) is 19.3 Å². The molecular formula is C24H32ClF3N3O7PSi. The average Bonchev–Trinajstić information content (AvgIpc) is 3.08. The van der Waals surface area contributed by atoms with Gasteiger partial charge in [0, 0.05) is 23.2 Å². The lowest BCUT2D eigenvalue weighted by atomic mass is 10.1. The second-order valence-electron chi connectivity index (χ2n) is 11.2. The lowest BCUT2D eigenvalue weighted by molar-refractivity contribution is -0.138. The Bertz CT molecular complexity index is 1360. The van der Waals surface area contributed by atoms with Gasteiger partial charge in [-0.05, 0) is 42.4 Å². The quantitative estimate of drug-likeness (QED) is 0.298. The third-order valence-electron chi connectivity index (χ3n) is 7.27. The van der Waals surface area contributed by atoms with Crippen molar-refractivity contribution in [3.05, 3.63) is 57.3 Å². The van der Waals surface area contributed by atoms with Crippen molar-refractivity contribution in [2.45, 2.75) is 75.8 Å². The van der Waals surface area contributed by atoms with Gasteiger partial charge in [0.1, 0.15) is 23.8 Å². The maximum Gasteiger partial charge on any atom is 0.475 e. The van der Waals surface area contributed by atoms with Gasteiger partial charge >= 0.3 is 19.4 Å². The van der Waals surface area contributed by atoms with Crippen molar-refractivity contribution in [3.63, 3.8) is 0 Å². The molecule has 1 aromatic carbocycles. The summed E-state index contributed by atoms with van der Waals surface area (Å²) in [7, 11) is -7.16. The van der Waals surface area contributed by atoms with Gasteiger partial charge in [-0.3, -0.25) is 18.1 Å². The van der Waals surface area contributed by atoms with Crippen LogP contribution in [0.25, 0.3) is 0 Å². The predicted octanol–water partition coefficient (Wildman–Crippen LogP) is 5.84. The molecule has 0 radical (unpaired) electrons. The van der Waals surface area contributed by atoms with Crippen molar-refractivity contribution in [3.8, 4) is 0 Å². The molecule has 1 unspecified atom stereocenters. The summed E-state index contributed by atoms with van der Waals surface area (Å²) in [5, 5.41) is -0.266. The molecule has 3 heterocycles. The summed E-state index contributed by atoms with van der Waals surface area (Å²) in [6.07, 6.45) is -5.16. The fraction of sp³-hybridized carbons (Fsp3) is 0.583. The van der Waals surface area contributed by atoms with Crippen molar-refractivity contribution in [2.24, 2.45) is 0 Å². The summed E-state index contributed by atoms with van der Waals surface area (Å²) in [6, 6.07) is 4.84. The van der Waals surface area contributed by atoms with Gasteiger partial charge in [0.25, 0.3) is 0 Å². The molecule has 0 saturated carbocycles. The Kier molecular flexibility index (Phi) is 8.68. The molecule has 5 atom stereocenters. The number of nitrogens with zero attached hydrogens (tertiary/aromatic N) is 2. The Morgan fingerprint density at radius 3 is 2.65 bits per heavy atom. The molecule has 2 aromatic rings. The van der Waals surface area contributed by atoms with E-state index >= 15 is 8.78 Å². The maximum absolute atomic E-state index is 16.0.